The van der Waals surface area contributed by atoms with Crippen LogP contribution in [-0.4, -0.2) is 32.4 Å². The molecule has 0 heterocycles. The normalized spacial score (nSPS) is 12.0. The molecule has 0 saturated heterocycles. The SMILES string of the molecule is CCCN(CCCN)S(=O)(=O)c1ccccc1C. The van der Waals surface area contributed by atoms with Crippen LogP contribution in [0.15, 0.2) is 29.2 Å². The summed E-state index contributed by atoms with van der Waals surface area (Å²) in [5, 5.41) is 0. The third-order valence-electron chi connectivity index (χ3n) is 2.80. The number of hydrogen-bond acceptors (Lipinski definition) is 3. The van der Waals surface area contributed by atoms with E-state index >= 15 is 0 Å². The molecule has 0 aromatic heterocycles. The van der Waals surface area contributed by atoms with Gasteiger partial charge < -0.3 is 5.73 Å². The molecule has 1 aromatic rings. The Kier molecular flexibility index (Phi) is 5.78. The van der Waals surface area contributed by atoms with Crippen molar-refractivity contribution in [3.05, 3.63) is 29.8 Å². The fraction of sp³-hybridized carbons (Fsp3) is 0.538. The van der Waals surface area contributed by atoms with Crippen molar-refractivity contribution in [1.29, 1.82) is 0 Å². The number of hydrogen-bond donors (Lipinski definition) is 1. The molecule has 4 nitrogen and oxygen atoms in total. The Balaban J connectivity index is 3.05. The lowest BCUT2D eigenvalue weighted by Crippen LogP contribution is -2.34. The van der Waals surface area contributed by atoms with Crippen LogP contribution < -0.4 is 5.73 Å². The van der Waals surface area contributed by atoms with Crippen LogP contribution in [0.4, 0.5) is 0 Å². The predicted molar refractivity (Wildman–Crippen MR) is 73.9 cm³/mol. The van der Waals surface area contributed by atoms with Crippen molar-refractivity contribution in [2.45, 2.75) is 31.6 Å². The highest BCUT2D eigenvalue weighted by Gasteiger charge is 2.24. The van der Waals surface area contributed by atoms with Crippen LogP contribution in [0.1, 0.15) is 25.3 Å². The standard InChI is InChI=1S/C13H22N2O2S/c1-3-10-15(11-6-9-14)18(16,17)13-8-5-4-7-12(13)2/h4-5,7-8H,3,6,9-11,14H2,1-2H3. The average molecular weight is 270 g/mol. The molecule has 102 valence electrons. The van der Waals surface area contributed by atoms with Crippen LogP contribution in [0, 0.1) is 6.92 Å². The largest absolute Gasteiger partial charge is 0.330 e. The molecule has 0 radical (unpaired) electrons. The van der Waals surface area contributed by atoms with Crippen LogP contribution in [0.2, 0.25) is 0 Å². The zero-order valence-electron chi connectivity index (χ0n) is 11.1. The molecule has 5 heteroatoms. The molecule has 0 amide bonds. The Labute approximate surface area is 110 Å². The molecule has 0 spiro atoms. The highest BCUT2D eigenvalue weighted by Crippen LogP contribution is 2.19. The smallest absolute Gasteiger partial charge is 0.243 e. The van der Waals surface area contributed by atoms with Gasteiger partial charge in [-0.2, -0.15) is 4.31 Å². The second kappa shape index (κ2) is 6.87. The van der Waals surface area contributed by atoms with Gasteiger partial charge in [0.05, 0.1) is 4.90 Å². The average Bonchev–Trinajstić information content (AvgIpc) is 2.34. The molecular weight excluding hydrogens is 248 g/mol. The second-order valence-corrected chi connectivity index (χ2v) is 6.22. The Bertz CT molecular complexity index is 472. The summed E-state index contributed by atoms with van der Waals surface area (Å²) in [5.74, 6) is 0. The first-order valence-electron chi connectivity index (χ1n) is 6.30. The first kappa shape index (κ1) is 15.1. The molecule has 0 aliphatic heterocycles. The summed E-state index contributed by atoms with van der Waals surface area (Å²) in [7, 11) is -3.39. The first-order chi connectivity index (χ1) is 8.54. The van der Waals surface area contributed by atoms with E-state index in [2.05, 4.69) is 0 Å². The summed E-state index contributed by atoms with van der Waals surface area (Å²) >= 11 is 0. The molecule has 0 aliphatic carbocycles. The molecule has 1 aromatic carbocycles. The second-order valence-electron chi connectivity index (χ2n) is 4.31. The fourth-order valence-electron chi connectivity index (χ4n) is 1.85. The van der Waals surface area contributed by atoms with Crippen LogP contribution in [0.5, 0.6) is 0 Å². The van der Waals surface area contributed by atoms with Crippen LogP contribution in [-0.2, 0) is 10.0 Å². The maximum atomic E-state index is 12.5. The van der Waals surface area contributed by atoms with Crippen molar-refractivity contribution in [2.75, 3.05) is 19.6 Å². The van der Waals surface area contributed by atoms with Gasteiger partial charge in [-0.05, 0) is 37.9 Å². The van der Waals surface area contributed by atoms with E-state index in [-0.39, 0.29) is 0 Å². The molecule has 1 rings (SSSR count). The molecule has 0 fully saturated rings. The zero-order valence-corrected chi connectivity index (χ0v) is 11.9. The first-order valence-corrected chi connectivity index (χ1v) is 7.74. The lowest BCUT2D eigenvalue weighted by Gasteiger charge is -2.22. The van der Waals surface area contributed by atoms with Gasteiger partial charge in [-0.15, -0.1) is 0 Å². The summed E-state index contributed by atoms with van der Waals surface area (Å²) in [6.07, 6.45) is 1.49. The van der Waals surface area contributed by atoms with Gasteiger partial charge in [-0.25, -0.2) is 8.42 Å². The van der Waals surface area contributed by atoms with E-state index in [1.165, 1.54) is 4.31 Å². The molecule has 18 heavy (non-hydrogen) atoms. The topological polar surface area (TPSA) is 63.4 Å². The minimum Gasteiger partial charge on any atom is -0.330 e. The Morgan fingerprint density at radius 3 is 2.44 bits per heavy atom. The van der Waals surface area contributed by atoms with E-state index in [1.54, 1.807) is 12.1 Å². The molecule has 0 bridgehead atoms. The van der Waals surface area contributed by atoms with Crippen molar-refractivity contribution >= 4 is 10.0 Å². The molecular formula is C13H22N2O2S. The molecule has 0 aliphatic rings. The van der Waals surface area contributed by atoms with Gasteiger partial charge in [-0.1, -0.05) is 25.1 Å². The van der Waals surface area contributed by atoms with E-state index in [1.807, 2.05) is 26.0 Å². The number of benzene rings is 1. The highest BCUT2D eigenvalue weighted by molar-refractivity contribution is 7.89. The van der Waals surface area contributed by atoms with Gasteiger partial charge in [0.25, 0.3) is 0 Å². The molecule has 0 unspecified atom stereocenters. The van der Waals surface area contributed by atoms with Gasteiger partial charge in [-0.3, -0.25) is 0 Å². The van der Waals surface area contributed by atoms with E-state index in [9.17, 15) is 8.42 Å². The fourth-order valence-corrected chi connectivity index (χ4v) is 3.65. The van der Waals surface area contributed by atoms with Gasteiger partial charge >= 0.3 is 0 Å². The van der Waals surface area contributed by atoms with Crippen molar-refractivity contribution in [3.8, 4) is 0 Å². The van der Waals surface area contributed by atoms with E-state index < -0.39 is 10.0 Å². The van der Waals surface area contributed by atoms with E-state index in [0.717, 1.165) is 12.0 Å². The zero-order chi connectivity index (χ0) is 13.6. The summed E-state index contributed by atoms with van der Waals surface area (Å²) in [4.78, 5) is 0.399. The molecule has 0 atom stereocenters. The monoisotopic (exact) mass is 270 g/mol. The van der Waals surface area contributed by atoms with Crippen LogP contribution in [0.25, 0.3) is 0 Å². The lowest BCUT2D eigenvalue weighted by molar-refractivity contribution is 0.406. The number of nitrogens with zero attached hydrogens (tertiary/aromatic N) is 1. The van der Waals surface area contributed by atoms with Crippen LogP contribution >= 0.6 is 0 Å². The third kappa shape index (κ3) is 3.54. The Morgan fingerprint density at radius 2 is 1.89 bits per heavy atom. The van der Waals surface area contributed by atoms with Crippen molar-refractivity contribution in [3.63, 3.8) is 0 Å². The molecule has 2 N–H and O–H groups in total. The summed E-state index contributed by atoms with van der Waals surface area (Å²) in [5.41, 5.74) is 6.25. The summed E-state index contributed by atoms with van der Waals surface area (Å²) < 4.78 is 26.6. The van der Waals surface area contributed by atoms with Crippen molar-refractivity contribution in [2.24, 2.45) is 5.73 Å². The minimum atomic E-state index is -3.39. The highest BCUT2D eigenvalue weighted by atomic mass is 32.2. The van der Waals surface area contributed by atoms with Crippen molar-refractivity contribution < 1.29 is 8.42 Å². The lowest BCUT2D eigenvalue weighted by atomic mass is 10.2. The Morgan fingerprint density at radius 1 is 1.22 bits per heavy atom. The van der Waals surface area contributed by atoms with Gasteiger partial charge in [0, 0.05) is 13.1 Å². The summed E-state index contributed by atoms with van der Waals surface area (Å²) in [6.45, 7) is 5.32. The quantitative estimate of drug-likeness (QED) is 0.821. The molecule has 0 saturated carbocycles. The maximum Gasteiger partial charge on any atom is 0.243 e. The third-order valence-corrected chi connectivity index (χ3v) is 4.85. The number of aryl methyl sites for hydroxylation is 1. The van der Waals surface area contributed by atoms with Crippen molar-refractivity contribution in [1.82, 2.24) is 4.31 Å². The van der Waals surface area contributed by atoms with Gasteiger partial charge in [0.2, 0.25) is 10.0 Å². The van der Waals surface area contributed by atoms with Crippen LogP contribution in [0.3, 0.4) is 0 Å². The summed E-state index contributed by atoms with van der Waals surface area (Å²) in [6, 6.07) is 7.08. The number of nitrogens with two attached hydrogens (primary N) is 1. The number of rotatable bonds is 7. The van der Waals surface area contributed by atoms with Gasteiger partial charge in [0.1, 0.15) is 0 Å². The number of sulfonamides is 1. The predicted octanol–water partition coefficient (Wildman–Crippen LogP) is 1.74. The van der Waals surface area contributed by atoms with Gasteiger partial charge in [0.15, 0.2) is 0 Å². The maximum absolute atomic E-state index is 12.5. The van der Waals surface area contributed by atoms with E-state index in [4.69, 9.17) is 5.73 Å². The van der Waals surface area contributed by atoms with E-state index in [0.29, 0.717) is 31.0 Å². The minimum absolute atomic E-state index is 0.399. The Hall–Kier alpha value is -0.910.